The molecule has 0 amide bonds. The molecule has 0 aliphatic heterocycles. The lowest BCUT2D eigenvalue weighted by Gasteiger charge is -1.99. The fourth-order valence-corrected chi connectivity index (χ4v) is 0.992. The standard InChI is InChI=1S/C11H18/c1-4-7-10-11(8-5-2)9-6-3/h4-5,7,10H,2,6,8-9H2,1,3H3. The maximum atomic E-state index is 3.73. The zero-order valence-corrected chi connectivity index (χ0v) is 7.64. The number of rotatable bonds is 5. The molecule has 0 spiro atoms. The second-order valence-electron chi connectivity index (χ2n) is 2.59. The van der Waals surface area contributed by atoms with Gasteiger partial charge in [-0.05, 0) is 19.8 Å². The Morgan fingerprint density at radius 3 is 2.64 bits per heavy atom. The van der Waals surface area contributed by atoms with Crippen molar-refractivity contribution >= 4 is 0 Å². The normalized spacial score (nSPS) is 12.4. The van der Waals surface area contributed by atoms with Crippen molar-refractivity contribution in [3.05, 3.63) is 36.5 Å². The van der Waals surface area contributed by atoms with Crippen LogP contribution < -0.4 is 0 Å². The summed E-state index contributed by atoms with van der Waals surface area (Å²) in [5.41, 5.74) is 1.47. The van der Waals surface area contributed by atoms with Crippen molar-refractivity contribution in [2.45, 2.75) is 33.1 Å². The van der Waals surface area contributed by atoms with E-state index in [2.05, 4.69) is 31.7 Å². The van der Waals surface area contributed by atoms with Crippen LogP contribution in [0.2, 0.25) is 0 Å². The van der Waals surface area contributed by atoms with Crippen molar-refractivity contribution in [3.8, 4) is 0 Å². The first kappa shape index (κ1) is 10.2. The summed E-state index contributed by atoms with van der Waals surface area (Å²) < 4.78 is 0. The Morgan fingerprint density at radius 1 is 1.45 bits per heavy atom. The van der Waals surface area contributed by atoms with E-state index in [1.165, 1.54) is 18.4 Å². The molecule has 0 aromatic rings. The first-order valence-electron chi connectivity index (χ1n) is 4.26. The first-order chi connectivity index (χ1) is 5.35. The van der Waals surface area contributed by atoms with Gasteiger partial charge in [0.15, 0.2) is 0 Å². The fraction of sp³-hybridized carbons (Fsp3) is 0.455. The maximum absolute atomic E-state index is 3.73. The van der Waals surface area contributed by atoms with Crippen LogP contribution in [0.3, 0.4) is 0 Å². The van der Waals surface area contributed by atoms with E-state index in [1.54, 1.807) is 0 Å². The molecule has 0 heterocycles. The Labute approximate surface area is 70.3 Å². The van der Waals surface area contributed by atoms with Crippen molar-refractivity contribution in [2.75, 3.05) is 0 Å². The average molecular weight is 150 g/mol. The van der Waals surface area contributed by atoms with Crippen molar-refractivity contribution < 1.29 is 0 Å². The lowest BCUT2D eigenvalue weighted by atomic mass is 10.1. The van der Waals surface area contributed by atoms with Crippen LogP contribution in [-0.4, -0.2) is 0 Å². The summed E-state index contributed by atoms with van der Waals surface area (Å²) in [6.45, 7) is 7.96. The van der Waals surface area contributed by atoms with Gasteiger partial charge in [0.05, 0.1) is 0 Å². The molecule has 0 N–H and O–H groups in total. The second-order valence-corrected chi connectivity index (χ2v) is 2.59. The Bertz CT molecular complexity index is 149. The third kappa shape index (κ3) is 5.65. The van der Waals surface area contributed by atoms with Crippen molar-refractivity contribution in [1.82, 2.24) is 0 Å². The molecule has 0 rings (SSSR count). The molecule has 0 radical (unpaired) electrons. The van der Waals surface area contributed by atoms with Gasteiger partial charge in [-0.25, -0.2) is 0 Å². The lowest BCUT2D eigenvalue weighted by molar-refractivity contribution is 0.880. The molecule has 0 fully saturated rings. The van der Waals surface area contributed by atoms with E-state index in [0.29, 0.717) is 0 Å². The Kier molecular flexibility index (Phi) is 6.81. The predicted octanol–water partition coefficient (Wildman–Crippen LogP) is 3.87. The summed E-state index contributed by atoms with van der Waals surface area (Å²) >= 11 is 0. The van der Waals surface area contributed by atoms with Gasteiger partial charge < -0.3 is 0 Å². The van der Waals surface area contributed by atoms with Crippen LogP contribution in [-0.2, 0) is 0 Å². The molecule has 0 aliphatic rings. The van der Waals surface area contributed by atoms with Crippen molar-refractivity contribution in [2.24, 2.45) is 0 Å². The third-order valence-electron chi connectivity index (χ3n) is 1.50. The zero-order chi connectivity index (χ0) is 8.53. The highest BCUT2D eigenvalue weighted by atomic mass is 14.0. The molecule has 0 saturated heterocycles. The highest BCUT2D eigenvalue weighted by molar-refractivity contribution is 5.14. The minimum atomic E-state index is 1.03. The molecule has 62 valence electrons. The Balaban J connectivity index is 3.95. The SMILES string of the molecule is C=CCC(=CC=CC)CCC. The topological polar surface area (TPSA) is 0 Å². The van der Waals surface area contributed by atoms with Gasteiger partial charge in [-0.3, -0.25) is 0 Å². The number of hydrogen-bond acceptors (Lipinski definition) is 0. The van der Waals surface area contributed by atoms with Gasteiger partial charge in [0.25, 0.3) is 0 Å². The smallest absolute Gasteiger partial charge is 0.0138 e. The molecule has 0 atom stereocenters. The van der Waals surface area contributed by atoms with Crippen LogP contribution in [0.4, 0.5) is 0 Å². The zero-order valence-electron chi connectivity index (χ0n) is 7.64. The second kappa shape index (κ2) is 7.33. The molecule has 0 aromatic heterocycles. The maximum Gasteiger partial charge on any atom is -0.0138 e. The van der Waals surface area contributed by atoms with E-state index in [1.807, 2.05) is 13.0 Å². The molecular formula is C11H18. The molecule has 0 aromatic carbocycles. The van der Waals surface area contributed by atoms with Gasteiger partial charge in [-0.2, -0.15) is 0 Å². The van der Waals surface area contributed by atoms with Crippen molar-refractivity contribution in [3.63, 3.8) is 0 Å². The molecule has 0 bridgehead atoms. The molecule has 0 heteroatoms. The van der Waals surface area contributed by atoms with Crippen LogP contribution in [0.5, 0.6) is 0 Å². The van der Waals surface area contributed by atoms with E-state index in [-0.39, 0.29) is 0 Å². The number of hydrogen-bond donors (Lipinski definition) is 0. The Morgan fingerprint density at radius 2 is 2.18 bits per heavy atom. The molecule has 0 unspecified atom stereocenters. The van der Waals surface area contributed by atoms with E-state index in [9.17, 15) is 0 Å². The van der Waals surface area contributed by atoms with Crippen LogP contribution in [0.1, 0.15) is 33.1 Å². The Hall–Kier alpha value is -0.780. The number of allylic oxidation sites excluding steroid dienone is 5. The minimum absolute atomic E-state index is 1.03. The van der Waals surface area contributed by atoms with Gasteiger partial charge >= 0.3 is 0 Å². The highest BCUT2D eigenvalue weighted by Crippen LogP contribution is 2.09. The molecule has 11 heavy (non-hydrogen) atoms. The van der Waals surface area contributed by atoms with E-state index in [4.69, 9.17) is 0 Å². The van der Waals surface area contributed by atoms with Crippen LogP contribution in [0, 0.1) is 0 Å². The predicted molar refractivity (Wildman–Crippen MR) is 52.6 cm³/mol. The summed E-state index contributed by atoms with van der Waals surface area (Å²) in [6.07, 6.45) is 11.7. The van der Waals surface area contributed by atoms with Gasteiger partial charge in [-0.1, -0.05) is 43.2 Å². The van der Waals surface area contributed by atoms with E-state index < -0.39 is 0 Å². The quantitative estimate of drug-likeness (QED) is 0.412. The van der Waals surface area contributed by atoms with Crippen LogP contribution in [0.15, 0.2) is 36.5 Å². The molecule has 0 aliphatic carbocycles. The fourth-order valence-electron chi connectivity index (χ4n) is 0.992. The third-order valence-corrected chi connectivity index (χ3v) is 1.50. The van der Waals surface area contributed by atoms with Crippen molar-refractivity contribution in [1.29, 1.82) is 0 Å². The van der Waals surface area contributed by atoms with Gasteiger partial charge in [0.2, 0.25) is 0 Å². The molecular weight excluding hydrogens is 132 g/mol. The largest absolute Gasteiger partial charge is 0.103 e. The van der Waals surface area contributed by atoms with Crippen LogP contribution in [0.25, 0.3) is 0 Å². The molecule has 0 nitrogen and oxygen atoms in total. The van der Waals surface area contributed by atoms with E-state index >= 15 is 0 Å². The summed E-state index contributed by atoms with van der Waals surface area (Å²) in [7, 11) is 0. The summed E-state index contributed by atoms with van der Waals surface area (Å²) in [5, 5.41) is 0. The lowest BCUT2D eigenvalue weighted by Crippen LogP contribution is -1.79. The van der Waals surface area contributed by atoms with Gasteiger partial charge in [0.1, 0.15) is 0 Å². The van der Waals surface area contributed by atoms with Crippen LogP contribution >= 0.6 is 0 Å². The van der Waals surface area contributed by atoms with E-state index in [0.717, 1.165) is 6.42 Å². The van der Waals surface area contributed by atoms with Gasteiger partial charge in [-0.15, -0.1) is 6.58 Å². The monoisotopic (exact) mass is 150 g/mol. The summed E-state index contributed by atoms with van der Waals surface area (Å²) in [4.78, 5) is 0. The average Bonchev–Trinajstić information content (AvgIpc) is 2.01. The summed E-state index contributed by atoms with van der Waals surface area (Å²) in [5.74, 6) is 0. The molecule has 0 saturated carbocycles. The summed E-state index contributed by atoms with van der Waals surface area (Å²) in [6, 6.07) is 0. The first-order valence-corrected chi connectivity index (χ1v) is 4.26. The van der Waals surface area contributed by atoms with Gasteiger partial charge in [0, 0.05) is 0 Å². The minimum Gasteiger partial charge on any atom is -0.103 e. The highest BCUT2D eigenvalue weighted by Gasteiger charge is 1.89.